The number of hydrogen-bond acceptors (Lipinski definition) is 5. The molecule has 2 aliphatic rings. The van der Waals surface area contributed by atoms with Crippen molar-refractivity contribution in [2.45, 2.75) is 98.2 Å². The third-order valence-electron chi connectivity index (χ3n) is 9.04. The number of amides is 2. The third-order valence-corrected chi connectivity index (χ3v) is 9.32. The summed E-state index contributed by atoms with van der Waals surface area (Å²) in [6, 6.07) is 0. The number of carbonyl (C=O) groups excluding carboxylic acids is 2. The molecule has 2 atom stereocenters. The van der Waals surface area contributed by atoms with Crippen molar-refractivity contribution in [3.63, 3.8) is 0 Å². The molecule has 0 fully saturated rings. The first-order valence-corrected chi connectivity index (χ1v) is 15.6. The summed E-state index contributed by atoms with van der Waals surface area (Å²) < 4.78 is 0. The van der Waals surface area contributed by atoms with E-state index in [1.54, 1.807) is 0 Å². The van der Waals surface area contributed by atoms with Gasteiger partial charge in [0.05, 0.1) is 11.6 Å². The molecular weight excluding hydrogens is 580 g/mol. The van der Waals surface area contributed by atoms with Gasteiger partial charge in [-0.05, 0) is 87.3 Å². The quantitative estimate of drug-likeness (QED) is 0.167. The Kier molecular flexibility index (Phi) is 10.1. The first kappa shape index (κ1) is 33.0. The van der Waals surface area contributed by atoms with Crippen LogP contribution in [0.15, 0.2) is 27.4 Å². The minimum absolute atomic E-state index is 0.0406. The number of aliphatic imine (C=N–C) groups is 1. The van der Waals surface area contributed by atoms with E-state index >= 15 is 0 Å². The Morgan fingerprint density at radius 2 is 1.41 bits per heavy atom. The van der Waals surface area contributed by atoms with E-state index < -0.39 is 11.9 Å². The van der Waals surface area contributed by atoms with Crippen LogP contribution in [0.2, 0.25) is 0 Å². The van der Waals surface area contributed by atoms with Crippen molar-refractivity contribution in [2.75, 3.05) is 0 Å². The van der Waals surface area contributed by atoms with Crippen molar-refractivity contribution >= 4 is 42.1 Å². The van der Waals surface area contributed by atoms with Gasteiger partial charge in [-0.25, -0.2) is 4.99 Å². The van der Waals surface area contributed by atoms with Crippen LogP contribution in [0.4, 0.5) is 0 Å². The summed E-state index contributed by atoms with van der Waals surface area (Å²) in [5, 5.41) is 21.9. The summed E-state index contributed by atoms with van der Waals surface area (Å²) in [5.41, 5.74) is 11.2. The number of rotatable bonds is 14. The molecule has 236 valence electrons. The number of aliphatic carboxylic acids is 2. The topological polar surface area (TPSA) is 165 Å². The highest BCUT2D eigenvalue weighted by atomic mass is 32.1. The maximum atomic E-state index is 12.5. The maximum Gasteiger partial charge on any atom is 0.303 e. The number of carboxylic acids is 2. The van der Waals surface area contributed by atoms with Crippen LogP contribution in [0.1, 0.15) is 92.0 Å². The lowest BCUT2D eigenvalue weighted by molar-refractivity contribution is -0.138. The lowest BCUT2D eigenvalue weighted by atomic mass is 9.96. The molecule has 10 nitrogen and oxygen atoms in total. The van der Waals surface area contributed by atoms with Crippen molar-refractivity contribution < 1.29 is 29.4 Å². The normalized spacial score (nSPS) is 17.5. The molecule has 5 N–H and O–H groups in total. The van der Waals surface area contributed by atoms with Gasteiger partial charge >= 0.3 is 11.9 Å². The summed E-state index contributed by atoms with van der Waals surface area (Å²) >= 11 is 4.61. The Bertz CT molecular complexity index is 1620. The molecule has 4 heterocycles. The first-order chi connectivity index (χ1) is 20.7. The molecule has 4 rings (SSSR count). The molecule has 0 aliphatic carbocycles. The Hall–Kier alpha value is -3.86. The fourth-order valence-corrected chi connectivity index (χ4v) is 6.90. The summed E-state index contributed by atoms with van der Waals surface area (Å²) in [6.45, 7) is 11.6. The SMILES string of the molecule is CCC1=C(C)C(Cc2[nH]c(Cc3[nH]c(CC4=C([C@@H](C)S)C(C)C(=O)N4)c(C)c3CCC(=O)O)c(CCC(=O)O)c2C)=NC1=O. The fraction of sp³-hybridized carbons (Fsp3) is 0.485. The van der Waals surface area contributed by atoms with Crippen LogP contribution in [0.5, 0.6) is 0 Å². The smallest absolute Gasteiger partial charge is 0.303 e. The van der Waals surface area contributed by atoms with Crippen LogP contribution in [0.3, 0.4) is 0 Å². The van der Waals surface area contributed by atoms with Crippen molar-refractivity contribution in [3.05, 3.63) is 67.4 Å². The second-order valence-corrected chi connectivity index (χ2v) is 12.6. The van der Waals surface area contributed by atoms with Crippen LogP contribution in [-0.2, 0) is 51.3 Å². The molecule has 2 aromatic rings. The van der Waals surface area contributed by atoms with E-state index in [0.29, 0.717) is 49.8 Å². The number of allylic oxidation sites excluding steroid dienone is 2. The van der Waals surface area contributed by atoms with Crippen molar-refractivity contribution in [1.82, 2.24) is 15.3 Å². The molecule has 0 saturated carbocycles. The van der Waals surface area contributed by atoms with E-state index in [1.165, 1.54) is 0 Å². The van der Waals surface area contributed by atoms with Gasteiger partial charge in [-0.3, -0.25) is 19.2 Å². The second-order valence-electron chi connectivity index (χ2n) is 11.8. The van der Waals surface area contributed by atoms with E-state index in [9.17, 15) is 29.4 Å². The number of nitrogens with one attached hydrogen (secondary N) is 3. The minimum Gasteiger partial charge on any atom is -0.481 e. The van der Waals surface area contributed by atoms with Gasteiger partial charge in [0.25, 0.3) is 5.91 Å². The number of H-pyrrole nitrogens is 2. The lowest BCUT2D eigenvalue weighted by Crippen LogP contribution is -2.21. The maximum absolute atomic E-state index is 12.5. The summed E-state index contributed by atoms with van der Waals surface area (Å²) in [4.78, 5) is 59.4. The van der Waals surface area contributed by atoms with Gasteiger partial charge in [-0.15, -0.1) is 0 Å². The van der Waals surface area contributed by atoms with Gasteiger partial charge in [0.2, 0.25) is 5.91 Å². The van der Waals surface area contributed by atoms with E-state index in [1.807, 2.05) is 41.5 Å². The molecule has 0 spiro atoms. The van der Waals surface area contributed by atoms with Gasteiger partial charge in [-0.1, -0.05) is 6.92 Å². The van der Waals surface area contributed by atoms with Crippen LogP contribution in [-0.4, -0.2) is 54.9 Å². The van der Waals surface area contributed by atoms with Gasteiger partial charge in [0.1, 0.15) is 0 Å². The fourth-order valence-electron chi connectivity index (χ4n) is 6.53. The molecule has 2 aliphatic heterocycles. The van der Waals surface area contributed by atoms with Crippen LogP contribution >= 0.6 is 12.6 Å². The number of aromatic nitrogens is 2. The number of nitrogens with zero attached hydrogens (tertiary/aromatic N) is 1. The number of carbonyl (C=O) groups is 4. The van der Waals surface area contributed by atoms with Gasteiger partial charge in [0.15, 0.2) is 0 Å². The first-order valence-electron chi connectivity index (χ1n) is 15.1. The largest absolute Gasteiger partial charge is 0.481 e. The lowest BCUT2D eigenvalue weighted by Gasteiger charge is -2.12. The van der Waals surface area contributed by atoms with E-state index in [0.717, 1.165) is 61.9 Å². The number of carboxylic acid groups (broad SMARTS) is 2. The summed E-state index contributed by atoms with van der Waals surface area (Å²) in [6.07, 6.45) is 2.45. The minimum atomic E-state index is -0.897. The Morgan fingerprint density at radius 3 is 1.86 bits per heavy atom. The van der Waals surface area contributed by atoms with Crippen LogP contribution in [0, 0.1) is 19.8 Å². The van der Waals surface area contributed by atoms with E-state index in [4.69, 9.17) is 0 Å². The average molecular weight is 623 g/mol. The highest BCUT2D eigenvalue weighted by Gasteiger charge is 2.32. The standard InChI is InChI=1S/C33H42N4O6S/c1-7-20-15(2)25(36-33(20)43)12-23-16(3)21(8-10-29(38)39)26(34-23)14-27-22(9-11-30(40)41)17(4)24(35-27)13-28-31(19(6)44)18(5)32(42)37-28/h18-19,34-35,44H,7-14H2,1-6H3,(H,37,42)(H,38,39)(H,40,41)/t18?,19-/m1/s1. The molecule has 11 heteroatoms. The number of hydrogen-bond donors (Lipinski definition) is 6. The Morgan fingerprint density at radius 1 is 0.886 bits per heavy atom. The highest BCUT2D eigenvalue weighted by Crippen LogP contribution is 2.33. The molecule has 0 radical (unpaired) electrons. The molecular formula is C33H42N4O6S. The van der Waals surface area contributed by atoms with E-state index in [2.05, 4.69) is 32.9 Å². The zero-order valence-corrected chi connectivity index (χ0v) is 27.1. The van der Waals surface area contributed by atoms with Crippen LogP contribution in [0.25, 0.3) is 0 Å². The predicted molar refractivity (Wildman–Crippen MR) is 171 cm³/mol. The van der Waals surface area contributed by atoms with Crippen molar-refractivity contribution in [2.24, 2.45) is 10.9 Å². The Labute approximate surface area is 262 Å². The predicted octanol–water partition coefficient (Wildman–Crippen LogP) is 4.72. The summed E-state index contributed by atoms with van der Waals surface area (Å²) in [5.74, 6) is -2.33. The third kappa shape index (κ3) is 6.77. The Balaban J connectivity index is 1.74. The zero-order chi connectivity index (χ0) is 32.5. The molecule has 2 amide bonds. The van der Waals surface area contributed by atoms with Gasteiger partial charge < -0.3 is 25.5 Å². The molecule has 0 aromatic carbocycles. The number of aromatic amines is 2. The van der Waals surface area contributed by atoms with Crippen LogP contribution < -0.4 is 5.32 Å². The molecule has 44 heavy (non-hydrogen) atoms. The molecule has 2 aromatic heterocycles. The molecule has 0 saturated heterocycles. The zero-order valence-electron chi connectivity index (χ0n) is 26.2. The average Bonchev–Trinajstić information content (AvgIpc) is 3.59. The monoisotopic (exact) mass is 622 g/mol. The van der Waals surface area contributed by atoms with Gasteiger partial charge in [-0.2, -0.15) is 12.6 Å². The number of thiol groups is 1. The highest BCUT2D eigenvalue weighted by molar-refractivity contribution is 7.81. The molecule has 1 unspecified atom stereocenters. The van der Waals surface area contributed by atoms with Crippen molar-refractivity contribution in [3.8, 4) is 0 Å². The molecule has 0 bridgehead atoms. The van der Waals surface area contributed by atoms with E-state index in [-0.39, 0.29) is 35.8 Å². The summed E-state index contributed by atoms with van der Waals surface area (Å²) in [7, 11) is 0. The van der Waals surface area contributed by atoms with Gasteiger partial charge in [0, 0.05) is 71.4 Å². The van der Waals surface area contributed by atoms with Crippen molar-refractivity contribution in [1.29, 1.82) is 0 Å². The second kappa shape index (κ2) is 13.4.